The number of amides is 1. The number of rotatable bonds is 8. The highest BCUT2D eigenvalue weighted by molar-refractivity contribution is 5.79. The number of halogens is 3. The number of benzene rings is 1. The molecule has 4 rings (SSSR count). The Labute approximate surface area is 180 Å². The minimum atomic E-state index is -3.14. The fourth-order valence-electron chi connectivity index (χ4n) is 4.80. The average Bonchev–Trinajstić information content (AvgIpc) is 3.18. The second kappa shape index (κ2) is 9.39. The van der Waals surface area contributed by atoms with Crippen molar-refractivity contribution in [3.05, 3.63) is 53.9 Å². The van der Waals surface area contributed by atoms with Gasteiger partial charge in [-0.1, -0.05) is 30.3 Å². The molecule has 2 heterocycles. The quantitative estimate of drug-likeness (QED) is 0.668. The summed E-state index contributed by atoms with van der Waals surface area (Å²) < 4.78 is 37.8. The van der Waals surface area contributed by atoms with Gasteiger partial charge in [0.05, 0.1) is 11.7 Å². The normalized spacial score (nSPS) is 18.8. The Hall–Kier alpha value is -2.41. The summed E-state index contributed by atoms with van der Waals surface area (Å²) in [6, 6.07) is 10.6. The van der Waals surface area contributed by atoms with Gasteiger partial charge in [-0.15, -0.1) is 0 Å². The highest BCUT2D eigenvalue weighted by atomic mass is 19.3. The first-order valence-electron chi connectivity index (χ1n) is 10.9. The maximum Gasteiger partial charge on any atom is 0.315 e. The van der Waals surface area contributed by atoms with Gasteiger partial charge in [0.25, 0.3) is 5.91 Å². The van der Waals surface area contributed by atoms with E-state index >= 15 is 0 Å². The number of pyridine rings is 1. The highest BCUT2D eigenvalue weighted by Crippen LogP contribution is 2.45. The predicted molar refractivity (Wildman–Crippen MR) is 114 cm³/mol. The van der Waals surface area contributed by atoms with Gasteiger partial charge in [0.2, 0.25) is 0 Å². The first-order valence-corrected chi connectivity index (χ1v) is 10.9. The van der Waals surface area contributed by atoms with Crippen molar-refractivity contribution in [2.75, 3.05) is 13.2 Å². The second-order valence-corrected chi connectivity index (χ2v) is 8.70. The van der Waals surface area contributed by atoms with Gasteiger partial charge < -0.3 is 5.32 Å². The Kier molecular flexibility index (Phi) is 6.60. The van der Waals surface area contributed by atoms with Crippen LogP contribution in [0.2, 0.25) is 0 Å². The standard InChI is InChI=1S/C24H28F3N3O/c25-14-21(29-23(31)22(26)27)13-17-3-5-18(6-4-17)19-7-8-20(28-15-19)16-30-12-2-11-24(30)9-1-10-24/h3-8,15,21-22H,1-2,9-14,16H2,(H,29,31). The zero-order valence-electron chi connectivity index (χ0n) is 17.5. The van der Waals surface area contributed by atoms with Crippen LogP contribution in [0, 0.1) is 0 Å². The molecule has 4 nitrogen and oxygen atoms in total. The summed E-state index contributed by atoms with van der Waals surface area (Å²) >= 11 is 0. The minimum absolute atomic E-state index is 0.157. The number of alkyl halides is 3. The number of nitrogens with one attached hydrogen (secondary N) is 1. The molecule has 1 N–H and O–H groups in total. The second-order valence-electron chi connectivity index (χ2n) is 8.70. The highest BCUT2D eigenvalue weighted by Gasteiger charge is 2.45. The molecule has 31 heavy (non-hydrogen) atoms. The lowest BCUT2D eigenvalue weighted by atomic mass is 9.75. The van der Waals surface area contributed by atoms with Crippen LogP contribution >= 0.6 is 0 Å². The fraction of sp³-hybridized carbons (Fsp3) is 0.500. The van der Waals surface area contributed by atoms with Crippen molar-refractivity contribution in [2.45, 2.75) is 63.1 Å². The van der Waals surface area contributed by atoms with Crippen molar-refractivity contribution < 1.29 is 18.0 Å². The van der Waals surface area contributed by atoms with Crippen molar-refractivity contribution in [1.82, 2.24) is 15.2 Å². The number of likely N-dealkylation sites (tertiary alicyclic amines) is 1. The molecule has 1 spiro atoms. The smallest absolute Gasteiger partial charge is 0.315 e. The van der Waals surface area contributed by atoms with Crippen molar-refractivity contribution in [2.24, 2.45) is 0 Å². The molecule has 1 aliphatic heterocycles. The van der Waals surface area contributed by atoms with Crippen molar-refractivity contribution >= 4 is 5.91 Å². The van der Waals surface area contributed by atoms with Gasteiger partial charge in [-0.2, -0.15) is 8.78 Å². The maximum absolute atomic E-state index is 13.1. The first-order chi connectivity index (χ1) is 15.0. The molecule has 1 unspecified atom stereocenters. The van der Waals surface area contributed by atoms with Gasteiger partial charge in [-0.05, 0) is 62.3 Å². The molecular formula is C24H28F3N3O. The Morgan fingerprint density at radius 1 is 1.06 bits per heavy atom. The van der Waals surface area contributed by atoms with Crippen LogP contribution in [0.4, 0.5) is 13.2 Å². The van der Waals surface area contributed by atoms with Crippen molar-refractivity contribution in [1.29, 1.82) is 0 Å². The average molecular weight is 432 g/mol. The Morgan fingerprint density at radius 3 is 2.35 bits per heavy atom. The third-order valence-corrected chi connectivity index (χ3v) is 6.70. The summed E-state index contributed by atoms with van der Waals surface area (Å²) in [5.74, 6) is -1.44. The molecule has 7 heteroatoms. The molecular weight excluding hydrogens is 403 g/mol. The predicted octanol–water partition coefficient (Wildman–Crippen LogP) is 4.53. The molecule has 1 amide bonds. The lowest BCUT2D eigenvalue weighted by Gasteiger charge is -2.46. The van der Waals surface area contributed by atoms with Gasteiger partial charge in [0, 0.05) is 23.8 Å². The molecule has 2 fully saturated rings. The third kappa shape index (κ3) is 4.92. The van der Waals surface area contributed by atoms with E-state index in [1.807, 2.05) is 35.8 Å². The molecule has 1 saturated carbocycles. The summed E-state index contributed by atoms with van der Waals surface area (Å²) in [6.07, 6.45) is 5.44. The number of hydrogen-bond donors (Lipinski definition) is 1. The van der Waals surface area contributed by atoms with Crippen molar-refractivity contribution in [3.8, 4) is 11.1 Å². The zero-order valence-corrected chi connectivity index (χ0v) is 17.5. The topological polar surface area (TPSA) is 45.2 Å². The van der Waals surface area contributed by atoms with Crippen molar-refractivity contribution in [3.63, 3.8) is 0 Å². The van der Waals surface area contributed by atoms with E-state index in [4.69, 9.17) is 0 Å². The van der Waals surface area contributed by atoms with E-state index in [-0.39, 0.29) is 6.42 Å². The van der Waals surface area contributed by atoms with E-state index in [0.717, 1.165) is 35.5 Å². The molecule has 1 aromatic heterocycles. The zero-order chi connectivity index (χ0) is 21.8. The minimum Gasteiger partial charge on any atom is -0.345 e. The molecule has 166 valence electrons. The summed E-state index contributed by atoms with van der Waals surface area (Å²) in [4.78, 5) is 18.4. The third-order valence-electron chi connectivity index (χ3n) is 6.70. The summed E-state index contributed by atoms with van der Waals surface area (Å²) in [5, 5.41) is 2.03. The monoisotopic (exact) mass is 431 g/mol. The summed E-state index contributed by atoms with van der Waals surface area (Å²) in [6.45, 7) is 1.15. The van der Waals surface area contributed by atoms with Gasteiger partial charge in [0.1, 0.15) is 6.67 Å². The van der Waals surface area contributed by atoms with E-state index in [9.17, 15) is 18.0 Å². The maximum atomic E-state index is 13.1. The molecule has 1 atom stereocenters. The number of carbonyl (C=O) groups excluding carboxylic acids is 1. The lowest BCUT2D eigenvalue weighted by molar-refractivity contribution is -0.132. The Bertz CT molecular complexity index is 882. The van der Waals surface area contributed by atoms with Crippen LogP contribution in [0.3, 0.4) is 0 Å². The van der Waals surface area contributed by atoms with E-state index in [0.29, 0.717) is 5.54 Å². The molecule has 0 radical (unpaired) electrons. The molecule has 2 aliphatic rings. The van der Waals surface area contributed by atoms with E-state index in [1.54, 1.807) is 0 Å². The largest absolute Gasteiger partial charge is 0.345 e. The lowest BCUT2D eigenvalue weighted by Crippen LogP contribution is -2.48. The van der Waals surface area contributed by atoms with Crippen LogP contribution in [-0.2, 0) is 17.8 Å². The van der Waals surface area contributed by atoms with Gasteiger partial charge in [-0.3, -0.25) is 14.7 Å². The van der Waals surface area contributed by atoms with E-state index in [1.165, 1.54) is 32.1 Å². The number of aromatic nitrogens is 1. The summed E-state index contributed by atoms with van der Waals surface area (Å²) in [7, 11) is 0. The Morgan fingerprint density at radius 2 is 1.77 bits per heavy atom. The van der Waals surface area contributed by atoms with Crippen LogP contribution in [-0.4, -0.2) is 47.0 Å². The number of hydrogen-bond acceptors (Lipinski definition) is 3. The SMILES string of the molecule is O=C(NC(CF)Cc1ccc(-c2ccc(CN3CCCC34CCC4)nc2)cc1)C(F)F. The molecule has 2 aromatic rings. The van der Waals surface area contributed by atoms with Crippen LogP contribution in [0.1, 0.15) is 43.4 Å². The van der Waals surface area contributed by atoms with Gasteiger partial charge in [0.15, 0.2) is 0 Å². The number of carbonyl (C=O) groups is 1. The molecule has 1 aromatic carbocycles. The van der Waals surface area contributed by atoms with E-state index in [2.05, 4.69) is 22.0 Å². The van der Waals surface area contributed by atoms with Crippen LogP contribution < -0.4 is 5.32 Å². The molecule has 1 aliphatic carbocycles. The first kappa shape index (κ1) is 21.8. The van der Waals surface area contributed by atoms with Crippen LogP contribution in [0.25, 0.3) is 11.1 Å². The van der Waals surface area contributed by atoms with E-state index < -0.39 is 25.0 Å². The summed E-state index contributed by atoms with van der Waals surface area (Å²) in [5.41, 5.74) is 4.25. The fourth-order valence-corrected chi connectivity index (χ4v) is 4.80. The van der Waals surface area contributed by atoms with Gasteiger partial charge in [-0.25, -0.2) is 4.39 Å². The Balaban J connectivity index is 1.36. The van der Waals surface area contributed by atoms with Crippen LogP contribution in [0.5, 0.6) is 0 Å². The van der Waals surface area contributed by atoms with Crippen LogP contribution in [0.15, 0.2) is 42.6 Å². The van der Waals surface area contributed by atoms with Gasteiger partial charge >= 0.3 is 6.43 Å². The molecule has 0 bridgehead atoms. The molecule has 1 saturated heterocycles. The number of nitrogens with zero attached hydrogens (tertiary/aromatic N) is 2.